The Balaban J connectivity index is 2.58. The highest BCUT2D eigenvalue weighted by Crippen LogP contribution is 2.36. The van der Waals surface area contributed by atoms with E-state index in [9.17, 15) is 4.39 Å². The normalized spacial score (nSPS) is 12.2. The van der Waals surface area contributed by atoms with Crippen molar-refractivity contribution in [2.24, 2.45) is 0 Å². The van der Waals surface area contributed by atoms with E-state index in [1.807, 2.05) is 25.4 Å². The molecule has 0 amide bonds. The predicted molar refractivity (Wildman–Crippen MR) is 89.8 cm³/mol. The summed E-state index contributed by atoms with van der Waals surface area (Å²) in [6, 6.07) is 11.3. The lowest BCUT2D eigenvalue weighted by Crippen LogP contribution is -2.19. The Morgan fingerprint density at radius 2 is 1.95 bits per heavy atom. The maximum absolute atomic E-state index is 13.7. The summed E-state index contributed by atoms with van der Waals surface area (Å²) in [7, 11) is 3.44. The second kappa shape index (κ2) is 7.29. The average molecular weight is 370 g/mol. The first-order valence-corrected chi connectivity index (χ1v) is 8.47. The Morgan fingerprint density at radius 3 is 2.57 bits per heavy atom. The van der Waals surface area contributed by atoms with Gasteiger partial charge in [-0.3, -0.25) is 0 Å². The highest BCUT2D eigenvalue weighted by atomic mass is 79.9. The fraction of sp³-hybridized carbons (Fsp3) is 0.250. The van der Waals surface area contributed by atoms with Crippen LogP contribution in [0.3, 0.4) is 0 Å². The van der Waals surface area contributed by atoms with Crippen LogP contribution in [0.15, 0.2) is 45.8 Å². The molecule has 0 aliphatic heterocycles. The number of ether oxygens (including phenoxy) is 1. The van der Waals surface area contributed by atoms with Gasteiger partial charge in [0.1, 0.15) is 11.6 Å². The van der Waals surface area contributed by atoms with Crippen LogP contribution >= 0.6 is 27.7 Å². The number of rotatable bonds is 5. The summed E-state index contributed by atoms with van der Waals surface area (Å²) in [5.41, 5.74) is 2.04. The van der Waals surface area contributed by atoms with Crippen molar-refractivity contribution in [1.82, 2.24) is 5.32 Å². The van der Waals surface area contributed by atoms with E-state index in [1.54, 1.807) is 24.9 Å². The fourth-order valence-electron chi connectivity index (χ4n) is 2.33. The number of hydrogen-bond acceptors (Lipinski definition) is 3. The lowest BCUT2D eigenvalue weighted by Gasteiger charge is -2.22. The molecule has 0 fully saturated rings. The van der Waals surface area contributed by atoms with Gasteiger partial charge in [0.25, 0.3) is 0 Å². The van der Waals surface area contributed by atoms with Crippen molar-refractivity contribution < 1.29 is 9.13 Å². The van der Waals surface area contributed by atoms with Gasteiger partial charge in [0.2, 0.25) is 0 Å². The zero-order valence-corrected chi connectivity index (χ0v) is 14.5. The molecule has 2 nitrogen and oxygen atoms in total. The van der Waals surface area contributed by atoms with E-state index in [2.05, 4.69) is 33.4 Å². The van der Waals surface area contributed by atoms with Crippen molar-refractivity contribution in [2.75, 3.05) is 20.4 Å². The van der Waals surface area contributed by atoms with Crippen molar-refractivity contribution in [3.05, 3.63) is 57.8 Å². The van der Waals surface area contributed by atoms with Gasteiger partial charge in [0, 0.05) is 16.5 Å². The van der Waals surface area contributed by atoms with Gasteiger partial charge in [-0.1, -0.05) is 18.2 Å². The highest BCUT2D eigenvalue weighted by molar-refractivity contribution is 9.10. The van der Waals surface area contributed by atoms with Crippen LogP contribution in [0.25, 0.3) is 0 Å². The first-order valence-electron chi connectivity index (χ1n) is 6.45. The van der Waals surface area contributed by atoms with Crippen molar-refractivity contribution >= 4 is 27.7 Å². The third kappa shape index (κ3) is 3.42. The standard InChI is InChI=1S/C16H17BrFNOS/c1-19-16(10-6-4-5-7-15(10)21-3)11-8-12(17)13(18)9-14(11)20-2/h4-9,16,19H,1-3H3. The molecule has 0 saturated carbocycles. The van der Waals surface area contributed by atoms with Crippen molar-refractivity contribution in [3.8, 4) is 5.75 Å². The van der Waals surface area contributed by atoms with Crippen LogP contribution in [-0.4, -0.2) is 20.4 Å². The smallest absolute Gasteiger partial charge is 0.141 e. The Labute approximate surface area is 137 Å². The maximum atomic E-state index is 13.7. The Kier molecular flexibility index (Phi) is 5.67. The minimum atomic E-state index is -0.330. The third-order valence-corrected chi connectivity index (χ3v) is 4.74. The van der Waals surface area contributed by atoms with Gasteiger partial charge in [0.05, 0.1) is 17.6 Å². The van der Waals surface area contributed by atoms with Crippen LogP contribution in [-0.2, 0) is 0 Å². The van der Waals surface area contributed by atoms with Crippen LogP contribution in [0, 0.1) is 5.82 Å². The van der Waals surface area contributed by atoms with Crippen LogP contribution < -0.4 is 10.1 Å². The largest absolute Gasteiger partial charge is 0.496 e. The van der Waals surface area contributed by atoms with E-state index in [-0.39, 0.29) is 11.9 Å². The molecule has 0 aromatic heterocycles. The van der Waals surface area contributed by atoms with Crippen LogP contribution in [0.4, 0.5) is 4.39 Å². The second-order valence-electron chi connectivity index (χ2n) is 4.47. The lowest BCUT2D eigenvalue weighted by molar-refractivity contribution is 0.401. The molecule has 0 aliphatic carbocycles. The van der Waals surface area contributed by atoms with Gasteiger partial charge in [-0.15, -0.1) is 11.8 Å². The summed E-state index contributed by atoms with van der Waals surface area (Å²) in [5.74, 6) is 0.203. The van der Waals surface area contributed by atoms with Gasteiger partial charge in [-0.2, -0.15) is 0 Å². The molecule has 1 N–H and O–H groups in total. The van der Waals surface area contributed by atoms with Crippen LogP contribution in [0.2, 0.25) is 0 Å². The van der Waals surface area contributed by atoms with E-state index in [0.29, 0.717) is 10.2 Å². The Morgan fingerprint density at radius 1 is 1.24 bits per heavy atom. The highest BCUT2D eigenvalue weighted by Gasteiger charge is 2.21. The van der Waals surface area contributed by atoms with Crippen molar-refractivity contribution in [1.29, 1.82) is 0 Å². The zero-order chi connectivity index (χ0) is 15.4. The van der Waals surface area contributed by atoms with Crippen LogP contribution in [0.5, 0.6) is 5.75 Å². The summed E-state index contributed by atoms with van der Waals surface area (Å²) in [6.45, 7) is 0. The van der Waals surface area contributed by atoms with Crippen molar-refractivity contribution in [3.63, 3.8) is 0 Å². The molecule has 2 aromatic carbocycles. The van der Waals surface area contributed by atoms with E-state index in [4.69, 9.17) is 4.74 Å². The maximum Gasteiger partial charge on any atom is 0.141 e. The molecule has 0 aliphatic rings. The number of nitrogens with one attached hydrogen (secondary N) is 1. The van der Waals surface area contributed by atoms with Gasteiger partial charge in [-0.05, 0) is 46.9 Å². The summed E-state index contributed by atoms with van der Waals surface area (Å²) < 4.78 is 19.5. The van der Waals surface area contributed by atoms with Crippen molar-refractivity contribution in [2.45, 2.75) is 10.9 Å². The molecule has 5 heteroatoms. The number of thioether (sulfide) groups is 1. The van der Waals surface area contributed by atoms with E-state index in [1.165, 1.54) is 11.0 Å². The predicted octanol–water partition coefficient (Wildman–Crippen LogP) is 4.63. The number of benzene rings is 2. The molecule has 2 rings (SSSR count). The molecule has 112 valence electrons. The SMILES string of the molecule is CNC(c1cc(Br)c(F)cc1OC)c1ccccc1SC. The van der Waals surface area contributed by atoms with Gasteiger partial charge in [0.15, 0.2) is 0 Å². The molecule has 2 aromatic rings. The van der Waals surface area contributed by atoms with E-state index < -0.39 is 0 Å². The average Bonchev–Trinajstić information content (AvgIpc) is 2.51. The molecule has 0 spiro atoms. The second-order valence-corrected chi connectivity index (χ2v) is 6.17. The van der Waals surface area contributed by atoms with Crippen LogP contribution in [0.1, 0.15) is 17.2 Å². The fourth-order valence-corrected chi connectivity index (χ4v) is 3.33. The minimum Gasteiger partial charge on any atom is -0.496 e. The molecular formula is C16H17BrFNOS. The Bertz CT molecular complexity index is 636. The number of halogens is 2. The topological polar surface area (TPSA) is 21.3 Å². The third-order valence-electron chi connectivity index (χ3n) is 3.32. The molecule has 1 atom stereocenters. The molecule has 0 saturated heterocycles. The number of methoxy groups -OCH3 is 1. The quantitative estimate of drug-likeness (QED) is 0.776. The summed E-state index contributed by atoms with van der Waals surface area (Å²) >= 11 is 4.94. The molecule has 1 unspecified atom stereocenters. The minimum absolute atomic E-state index is 0.0690. The summed E-state index contributed by atoms with van der Waals surface area (Å²) in [6.07, 6.45) is 2.05. The first-order chi connectivity index (χ1) is 10.1. The lowest BCUT2D eigenvalue weighted by atomic mass is 9.98. The van der Waals surface area contributed by atoms with Gasteiger partial charge >= 0.3 is 0 Å². The monoisotopic (exact) mass is 369 g/mol. The Hall–Kier alpha value is -1.04. The molecular weight excluding hydrogens is 353 g/mol. The molecule has 0 bridgehead atoms. The van der Waals surface area contributed by atoms with E-state index >= 15 is 0 Å². The van der Waals surface area contributed by atoms with E-state index in [0.717, 1.165) is 11.1 Å². The first kappa shape index (κ1) is 16.3. The number of hydrogen-bond donors (Lipinski definition) is 1. The summed E-state index contributed by atoms with van der Waals surface area (Å²) in [5, 5.41) is 3.29. The van der Waals surface area contributed by atoms with Gasteiger partial charge in [-0.25, -0.2) is 4.39 Å². The zero-order valence-electron chi connectivity index (χ0n) is 12.1. The van der Waals surface area contributed by atoms with Gasteiger partial charge < -0.3 is 10.1 Å². The molecule has 0 heterocycles. The molecule has 21 heavy (non-hydrogen) atoms. The molecule has 0 radical (unpaired) electrons. The summed E-state index contributed by atoms with van der Waals surface area (Å²) in [4.78, 5) is 1.18.